The highest BCUT2D eigenvalue weighted by Crippen LogP contribution is 2.16. The van der Waals surface area contributed by atoms with Crippen LogP contribution in [0, 0.1) is 6.57 Å². The molecule has 0 aromatic rings. The molecule has 0 aromatic carbocycles. The molecule has 14 heavy (non-hydrogen) atoms. The molecule has 4 nitrogen and oxygen atoms in total. The maximum atomic E-state index is 6.63. The van der Waals surface area contributed by atoms with Gasteiger partial charge in [-0.05, 0) is 12.8 Å². The average molecular weight is 217 g/mol. The second-order valence-electron chi connectivity index (χ2n) is 2.99. The van der Waals surface area contributed by atoms with Crippen LogP contribution in [0.15, 0.2) is 0 Å². The third kappa shape index (κ3) is 4.72. The second-order valence-corrected chi connectivity index (χ2v) is 6.08. The highest BCUT2D eigenvalue weighted by atomic mass is 28.4. The van der Waals surface area contributed by atoms with Crippen LogP contribution in [0.4, 0.5) is 0 Å². The van der Waals surface area contributed by atoms with Crippen molar-refractivity contribution in [1.29, 1.82) is 0 Å². The number of hydrogen-bond donors (Lipinski definition) is 0. The molecular formula is C9H19NO3Si. The average Bonchev–Trinajstić information content (AvgIpc) is 2.24. The summed E-state index contributed by atoms with van der Waals surface area (Å²) in [7, 11) is 2.52. The van der Waals surface area contributed by atoms with Gasteiger partial charge in [0, 0.05) is 33.8 Å². The van der Waals surface area contributed by atoms with E-state index in [1.165, 1.54) is 0 Å². The van der Waals surface area contributed by atoms with Crippen LogP contribution in [0.1, 0.15) is 19.3 Å². The molecule has 0 heterocycles. The Kier molecular flexibility index (Phi) is 7.71. The molecule has 0 aliphatic rings. The fourth-order valence-corrected chi connectivity index (χ4v) is 3.06. The number of unbranched alkanes of at least 4 members (excludes halogenated alkanes) is 2. The lowest BCUT2D eigenvalue weighted by Crippen LogP contribution is -2.42. The molecular weight excluding hydrogens is 198 g/mol. The Morgan fingerprint density at radius 3 is 2.00 bits per heavy atom. The van der Waals surface area contributed by atoms with Crippen LogP contribution in [0.3, 0.4) is 0 Å². The van der Waals surface area contributed by atoms with Gasteiger partial charge in [-0.25, -0.2) is 6.57 Å². The van der Waals surface area contributed by atoms with Gasteiger partial charge < -0.3 is 18.1 Å². The SMILES string of the molecule is [C-]#[N+]CCCCC[Si](OC)(OC)OC. The van der Waals surface area contributed by atoms with Crippen molar-refractivity contribution in [3.8, 4) is 0 Å². The van der Waals surface area contributed by atoms with Crippen LogP contribution in [0.2, 0.25) is 6.04 Å². The molecule has 0 fully saturated rings. The summed E-state index contributed by atoms with van der Waals surface area (Å²) in [5.41, 5.74) is 0. The lowest BCUT2D eigenvalue weighted by Gasteiger charge is -2.23. The van der Waals surface area contributed by atoms with E-state index in [0.29, 0.717) is 6.54 Å². The van der Waals surface area contributed by atoms with Gasteiger partial charge in [0.05, 0.1) is 0 Å². The number of rotatable bonds is 8. The monoisotopic (exact) mass is 217 g/mol. The summed E-state index contributed by atoms with van der Waals surface area (Å²) in [4.78, 5) is 3.30. The van der Waals surface area contributed by atoms with Gasteiger partial charge in [0.25, 0.3) is 0 Å². The van der Waals surface area contributed by atoms with Crippen LogP contribution in [-0.2, 0) is 13.3 Å². The van der Waals surface area contributed by atoms with Crippen molar-refractivity contribution in [1.82, 2.24) is 0 Å². The minimum absolute atomic E-state index is 0.613. The maximum absolute atomic E-state index is 6.63. The summed E-state index contributed by atoms with van der Waals surface area (Å²) in [6.45, 7) is 7.24. The third-order valence-corrected chi connectivity index (χ3v) is 5.02. The van der Waals surface area contributed by atoms with Crippen molar-refractivity contribution < 1.29 is 13.3 Å². The predicted molar refractivity (Wildman–Crippen MR) is 56.9 cm³/mol. The summed E-state index contributed by atoms with van der Waals surface area (Å²) >= 11 is 0. The first-order chi connectivity index (χ1) is 6.74. The van der Waals surface area contributed by atoms with E-state index >= 15 is 0 Å². The highest BCUT2D eigenvalue weighted by Gasteiger charge is 2.36. The first-order valence-corrected chi connectivity index (χ1v) is 6.66. The van der Waals surface area contributed by atoms with E-state index in [1.54, 1.807) is 21.3 Å². The first-order valence-electron chi connectivity index (χ1n) is 4.73. The van der Waals surface area contributed by atoms with Crippen molar-refractivity contribution >= 4 is 8.80 Å². The molecule has 0 aliphatic heterocycles. The van der Waals surface area contributed by atoms with Crippen molar-refractivity contribution in [2.75, 3.05) is 27.9 Å². The zero-order valence-corrected chi connectivity index (χ0v) is 10.2. The second kappa shape index (κ2) is 7.94. The smallest absolute Gasteiger partial charge is 0.377 e. The molecule has 0 bridgehead atoms. The van der Waals surface area contributed by atoms with Gasteiger partial charge in [-0.3, -0.25) is 0 Å². The van der Waals surface area contributed by atoms with E-state index in [-0.39, 0.29) is 0 Å². The van der Waals surface area contributed by atoms with E-state index in [4.69, 9.17) is 19.9 Å². The minimum Gasteiger partial charge on any atom is -0.377 e. The Bertz CT molecular complexity index is 169. The van der Waals surface area contributed by atoms with Crippen LogP contribution in [-0.4, -0.2) is 36.7 Å². The number of nitrogens with zero attached hydrogens (tertiary/aromatic N) is 1. The van der Waals surface area contributed by atoms with Crippen molar-refractivity contribution in [2.45, 2.75) is 25.3 Å². The van der Waals surface area contributed by atoms with Crippen LogP contribution < -0.4 is 0 Å². The molecule has 0 unspecified atom stereocenters. The van der Waals surface area contributed by atoms with Gasteiger partial charge in [-0.2, -0.15) is 0 Å². The number of hydrogen-bond acceptors (Lipinski definition) is 3. The summed E-state index contributed by atoms with van der Waals surface area (Å²) in [6.07, 6.45) is 2.98. The topological polar surface area (TPSA) is 32.0 Å². The van der Waals surface area contributed by atoms with Gasteiger partial charge >= 0.3 is 8.80 Å². The molecule has 0 rings (SSSR count). The molecule has 0 aromatic heterocycles. The normalized spacial score (nSPS) is 11.3. The molecule has 0 spiro atoms. The molecule has 0 saturated heterocycles. The Hall–Kier alpha value is -0.413. The summed E-state index contributed by atoms with van der Waals surface area (Å²) in [5, 5.41) is 0. The van der Waals surface area contributed by atoms with E-state index in [1.807, 2.05) is 0 Å². The van der Waals surface area contributed by atoms with Crippen molar-refractivity contribution in [2.24, 2.45) is 0 Å². The summed E-state index contributed by atoms with van der Waals surface area (Å²) in [5.74, 6) is 0. The maximum Gasteiger partial charge on any atom is 0.500 e. The van der Waals surface area contributed by atoms with Gasteiger partial charge in [-0.1, -0.05) is 0 Å². The molecule has 0 N–H and O–H groups in total. The molecule has 0 atom stereocenters. The molecule has 0 aliphatic carbocycles. The first kappa shape index (κ1) is 13.6. The van der Waals surface area contributed by atoms with E-state index in [2.05, 4.69) is 4.85 Å². The Labute approximate surface area is 87.4 Å². The zero-order valence-electron chi connectivity index (χ0n) is 9.21. The predicted octanol–water partition coefficient (Wildman–Crippen LogP) is 1.95. The largest absolute Gasteiger partial charge is 0.500 e. The molecule has 0 amide bonds. The van der Waals surface area contributed by atoms with E-state index < -0.39 is 8.80 Å². The van der Waals surface area contributed by atoms with Crippen molar-refractivity contribution in [3.63, 3.8) is 0 Å². The molecule has 0 saturated carbocycles. The van der Waals surface area contributed by atoms with Crippen LogP contribution in [0.5, 0.6) is 0 Å². The van der Waals surface area contributed by atoms with Crippen LogP contribution >= 0.6 is 0 Å². The lowest BCUT2D eigenvalue weighted by atomic mass is 10.2. The van der Waals surface area contributed by atoms with E-state index in [0.717, 1.165) is 25.3 Å². The van der Waals surface area contributed by atoms with Crippen molar-refractivity contribution in [3.05, 3.63) is 11.4 Å². The Morgan fingerprint density at radius 1 is 1.00 bits per heavy atom. The highest BCUT2D eigenvalue weighted by molar-refractivity contribution is 6.60. The van der Waals surface area contributed by atoms with Gasteiger partial charge in [-0.15, -0.1) is 0 Å². The van der Waals surface area contributed by atoms with Crippen LogP contribution in [0.25, 0.3) is 4.85 Å². The fourth-order valence-electron chi connectivity index (χ4n) is 1.27. The third-order valence-electron chi connectivity index (χ3n) is 2.19. The standard InChI is InChI=1S/C9H19NO3Si/c1-10-8-6-5-7-9-14(11-2,12-3)13-4/h5-9H2,2-4H3. The quantitative estimate of drug-likeness (QED) is 0.354. The Balaban J connectivity index is 3.67. The molecule has 82 valence electrons. The lowest BCUT2D eigenvalue weighted by molar-refractivity contribution is 0.123. The minimum atomic E-state index is -2.36. The molecule has 0 radical (unpaired) electrons. The van der Waals surface area contributed by atoms with Gasteiger partial charge in [0.1, 0.15) is 0 Å². The summed E-state index contributed by atoms with van der Waals surface area (Å²) in [6, 6.07) is 0.828. The fraction of sp³-hybridized carbons (Fsp3) is 0.889. The molecule has 5 heteroatoms. The van der Waals surface area contributed by atoms with E-state index in [9.17, 15) is 0 Å². The van der Waals surface area contributed by atoms with Gasteiger partial charge in [0.2, 0.25) is 6.54 Å². The Morgan fingerprint density at radius 2 is 1.57 bits per heavy atom. The zero-order chi connectivity index (χ0) is 10.9. The van der Waals surface area contributed by atoms with Gasteiger partial charge in [0.15, 0.2) is 0 Å². The summed E-state index contributed by atoms with van der Waals surface area (Å²) < 4.78 is 15.8.